The van der Waals surface area contributed by atoms with E-state index in [1.165, 1.54) is 21.0 Å². The van der Waals surface area contributed by atoms with Gasteiger partial charge >= 0.3 is 0 Å². The summed E-state index contributed by atoms with van der Waals surface area (Å²) in [6.45, 7) is 2.44. The third-order valence-electron chi connectivity index (χ3n) is 6.78. The molecule has 0 saturated heterocycles. The van der Waals surface area contributed by atoms with Crippen molar-refractivity contribution in [2.24, 2.45) is 0 Å². The van der Waals surface area contributed by atoms with Crippen LogP contribution in [0.1, 0.15) is 42.4 Å². The van der Waals surface area contributed by atoms with Crippen molar-refractivity contribution < 1.29 is 23.5 Å². The fraction of sp³-hybridized carbons (Fsp3) is 0.370. The fourth-order valence-corrected chi connectivity index (χ4v) is 5.76. The van der Waals surface area contributed by atoms with E-state index in [9.17, 15) is 9.59 Å². The molecule has 1 fully saturated rings. The van der Waals surface area contributed by atoms with E-state index in [0.717, 1.165) is 30.6 Å². The number of tetrazole rings is 1. The van der Waals surface area contributed by atoms with Crippen molar-refractivity contribution >= 4 is 28.8 Å². The van der Waals surface area contributed by atoms with Gasteiger partial charge < -0.3 is 19.2 Å². The topological polar surface area (TPSA) is 125 Å². The minimum absolute atomic E-state index is 0.0912. The largest absolute Gasteiger partial charge is 0.486 e. The number of furan rings is 1. The molecule has 0 spiro atoms. The van der Waals surface area contributed by atoms with Crippen molar-refractivity contribution in [2.75, 3.05) is 18.1 Å². The average molecular weight is 549 g/mol. The van der Waals surface area contributed by atoms with Gasteiger partial charge in [0.05, 0.1) is 0 Å². The number of aryl methyl sites for hydroxylation is 1. The van der Waals surface area contributed by atoms with Gasteiger partial charge in [0.15, 0.2) is 17.3 Å². The number of carbonyl (C=O) groups is 2. The Kier molecular flexibility index (Phi) is 7.01. The number of nitrogens with zero attached hydrogens (tertiary/aromatic N) is 5. The van der Waals surface area contributed by atoms with Gasteiger partial charge in [-0.05, 0) is 60.7 Å². The zero-order valence-corrected chi connectivity index (χ0v) is 22.2. The Labute approximate surface area is 228 Å². The first-order valence-electron chi connectivity index (χ1n) is 13.0. The molecule has 1 atom stereocenters. The zero-order valence-electron chi connectivity index (χ0n) is 21.4. The molecule has 11 nitrogen and oxygen atoms in total. The van der Waals surface area contributed by atoms with Crippen molar-refractivity contribution in [3.8, 4) is 23.1 Å². The van der Waals surface area contributed by atoms with Gasteiger partial charge in [-0.1, -0.05) is 18.9 Å². The van der Waals surface area contributed by atoms with E-state index < -0.39 is 6.04 Å². The van der Waals surface area contributed by atoms with Crippen molar-refractivity contribution in [3.63, 3.8) is 0 Å². The minimum atomic E-state index is -0.892. The van der Waals surface area contributed by atoms with Gasteiger partial charge in [0.25, 0.3) is 5.91 Å². The summed E-state index contributed by atoms with van der Waals surface area (Å²) in [5.74, 6) is 1.95. The second-order valence-corrected chi connectivity index (χ2v) is 10.5. The quantitative estimate of drug-likeness (QED) is 0.352. The van der Waals surface area contributed by atoms with Gasteiger partial charge in [-0.2, -0.15) is 4.80 Å². The predicted molar refractivity (Wildman–Crippen MR) is 143 cm³/mol. The van der Waals surface area contributed by atoms with Gasteiger partial charge in [0.1, 0.15) is 31.6 Å². The smallest absolute Gasteiger partial charge is 0.251 e. The summed E-state index contributed by atoms with van der Waals surface area (Å²) >= 11 is 1.42. The highest BCUT2D eigenvalue weighted by atomic mass is 32.1. The molecular weight excluding hydrogens is 520 g/mol. The zero-order chi connectivity index (χ0) is 26.8. The lowest BCUT2D eigenvalue weighted by atomic mass is 10.1. The SMILES string of the molecule is Cc1ccc(-c2nnn(CC(=O)N(c3ccc4c(c3)OCCO4)[C@@H](C(=O)NC3CCCC3)c3cccs3)n2)o1. The normalized spacial score (nSPS) is 15.7. The first kappa shape index (κ1) is 25.1. The van der Waals surface area contributed by atoms with Crippen LogP contribution < -0.4 is 19.7 Å². The van der Waals surface area contributed by atoms with Gasteiger partial charge in [0.2, 0.25) is 11.7 Å². The van der Waals surface area contributed by atoms with Crippen LogP contribution in [0, 0.1) is 6.92 Å². The van der Waals surface area contributed by atoms with E-state index in [-0.39, 0.29) is 30.2 Å². The summed E-state index contributed by atoms with van der Waals surface area (Å²) in [7, 11) is 0. The Balaban J connectivity index is 1.35. The van der Waals surface area contributed by atoms with Crippen LogP contribution in [-0.4, -0.2) is 51.3 Å². The molecule has 2 aliphatic rings. The number of anilines is 1. The summed E-state index contributed by atoms with van der Waals surface area (Å²) in [6.07, 6.45) is 4.02. The van der Waals surface area contributed by atoms with Crippen LogP contribution in [0.2, 0.25) is 0 Å². The first-order chi connectivity index (χ1) is 19.0. The molecule has 1 saturated carbocycles. The highest BCUT2D eigenvalue weighted by molar-refractivity contribution is 7.10. The van der Waals surface area contributed by atoms with Gasteiger partial charge in [-0.3, -0.25) is 14.5 Å². The summed E-state index contributed by atoms with van der Waals surface area (Å²) in [4.78, 5) is 31.3. The van der Waals surface area contributed by atoms with Crippen molar-refractivity contribution in [3.05, 3.63) is 58.5 Å². The number of amides is 2. The van der Waals surface area contributed by atoms with Crippen LogP contribution in [0.3, 0.4) is 0 Å². The Morgan fingerprint density at radius 3 is 2.69 bits per heavy atom. The van der Waals surface area contributed by atoms with Crippen LogP contribution in [0.5, 0.6) is 11.5 Å². The molecule has 4 heterocycles. The number of hydrogen-bond donors (Lipinski definition) is 1. The number of hydrogen-bond acceptors (Lipinski definition) is 9. The Bertz CT molecular complexity index is 1460. The molecule has 1 aromatic carbocycles. The molecule has 1 aliphatic heterocycles. The molecule has 3 aromatic heterocycles. The van der Waals surface area contributed by atoms with Crippen LogP contribution in [0.15, 0.2) is 52.3 Å². The van der Waals surface area contributed by atoms with Crippen molar-refractivity contribution in [1.29, 1.82) is 0 Å². The van der Waals surface area contributed by atoms with Gasteiger partial charge in [0, 0.05) is 22.7 Å². The molecule has 2 amide bonds. The van der Waals surface area contributed by atoms with Gasteiger partial charge in [-0.15, -0.1) is 21.5 Å². The lowest BCUT2D eigenvalue weighted by Gasteiger charge is -2.32. The third-order valence-corrected chi connectivity index (χ3v) is 7.71. The second kappa shape index (κ2) is 10.9. The first-order valence-corrected chi connectivity index (χ1v) is 13.8. The van der Waals surface area contributed by atoms with E-state index in [2.05, 4.69) is 20.7 Å². The molecule has 1 N–H and O–H groups in total. The lowest BCUT2D eigenvalue weighted by molar-refractivity contribution is -0.127. The molecule has 6 rings (SSSR count). The number of ether oxygens (including phenoxy) is 2. The Hall–Kier alpha value is -4.19. The molecule has 4 aromatic rings. The molecule has 202 valence electrons. The summed E-state index contributed by atoms with van der Waals surface area (Å²) in [6, 6.07) is 11.8. The number of fused-ring (bicyclic) bond motifs is 1. The molecule has 12 heteroatoms. The highest BCUT2D eigenvalue weighted by Crippen LogP contribution is 2.38. The average Bonchev–Trinajstić information content (AvgIpc) is 3.76. The maximum Gasteiger partial charge on any atom is 0.251 e. The van der Waals surface area contributed by atoms with Crippen molar-refractivity contribution in [1.82, 2.24) is 25.5 Å². The number of thiophene rings is 1. The summed E-state index contributed by atoms with van der Waals surface area (Å²) in [5, 5.41) is 17.5. The lowest BCUT2D eigenvalue weighted by Crippen LogP contribution is -2.47. The summed E-state index contributed by atoms with van der Waals surface area (Å²) < 4.78 is 17.1. The monoisotopic (exact) mass is 548 g/mol. The number of aromatic nitrogens is 4. The minimum Gasteiger partial charge on any atom is -0.486 e. The van der Waals surface area contributed by atoms with E-state index in [0.29, 0.717) is 41.9 Å². The van der Waals surface area contributed by atoms with Crippen LogP contribution in [0.25, 0.3) is 11.6 Å². The van der Waals surface area contributed by atoms with E-state index in [1.807, 2.05) is 24.4 Å². The van der Waals surface area contributed by atoms with Crippen LogP contribution in [0.4, 0.5) is 5.69 Å². The Morgan fingerprint density at radius 2 is 1.95 bits per heavy atom. The molecule has 0 radical (unpaired) electrons. The molecule has 1 aliphatic carbocycles. The molecular formula is C27H28N6O5S. The van der Waals surface area contributed by atoms with E-state index >= 15 is 0 Å². The highest BCUT2D eigenvalue weighted by Gasteiger charge is 2.36. The van der Waals surface area contributed by atoms with Crippen LogP contribution in [-0.2, 0) is 16.1 Å². The summed E-state index contributed by atoms with van der Waals surface area (Å²) in [5.41, 5.74) is 0.506. The predicted octanol–water partition coefficient (Wildman–Crippen LogP) is 3.91. The number of carbonyl (C=O) groups excluding carboxylic acids is 2. The number of rotatable bonds is 8. The molecule has 0 bridgehead atoms. The molecule has 0 unspecified atom stereocenters. The Morgan fingerprint density at radius 1 is 1.13 bits per heavy atom. The van der Waals surface area contributed by atoms with Crippen LogP contribution >= 0.6 is 11.3 Å². The molecule has 39 heavy (non-hydrogen) atoms. The second-order valence-electron chi connectivity index (χ2n) is 9.55. The van der Waals surface area contributed by atoms with E-state index in [4.69, 9.17) is 13.9 Å². The standard InChI is InChI=1S/C27H28N6O5S/c1-17-8-10-21(38-17)26-29-31-32(30-26)16-24(34)33(19-9-11-20-22(15-19)37-13-12-36-20)25(23-7-4-14-39-23)27(35)28-18-5-2-3-6-18/h4,7-11,14-15,18,25H,2-3,5-6,12-13,16H2,1H3,(H,28,35)/t25-/m1/s1. The third kappa shape index (κ3) is 5.37. The number of benzene rings is 1. The maximum absolute atomic E-state index is 14.0. The van der Waals surface area contributed by atoms with Gasteiger partial charge in [-0.25, -0.2) is 0 Å². The fourth-order valence-electron chi connectivity index (χ4n) is 4.95. The van der Waals surface area contributed by atoms with E-state index in [1.54, 1.807) is 30.3 Å². The maximum atomic E-state index is 14.0. The van der Waals surface area contributed by atoms with Crippen molar-refractivity contribution in [2.45, 2.75) is 51.2 Å². The number of nitrogens with one attached hydrogen (secondary N) is 1.